The molecule has 6 heteroatoms. The first-order chi connectivity index (χ1) is 8.88. The van der Waals surface area contributed by atoms with Crippen LogP contribution in [0.25, 0.3) is 0 Å². The molecule has 102 valence electrons. The lowest BCUT2D eigenvalue weighted by Crippen LogP contribution is -2.22. The van der Waals surface area contributed by atoms with Gasteiger partial charge in [-0.1, -0.05) is 32.9 Å². The fraction of sp³-hybridized carbons (Fsp3) is 0.462. The van der Waals surface area contributed by atoms with Crippen molar-refractivity contribution in [1.82, 2.24) is 20.2 Å². The van der Waals surface area contributed by atoms with Gasteiger partial charge in [-0.15, -0.1) is 5.10 Å². The molecule has 0 fully saturated rings. The van der Waals surface area contributed by atoms with Crippen LogP contribution in [0, 0.1) is 5.82 Å². The molecular weight excluding hydrogens is 247 g/mol. The van der Waals surface area contributed by atoms with E-state index in [0.29, 0.717) is 11.4 Å². The largest absolute Gasteiger partial charge is 0.386 e. The fourth-order valence-corrected chi connectivity index (χ4v) is 1.82. The average molecular weight is 264 g/mol. The van der Waals surface area contributed by atoms with Crippen LogP contribution in [0.5, 0.6) is 0 Å². The van der Waals surface area contributed by atoms with Crippen molar-refractivity contribution < 1.29 is 9.50 Å². The Bertz CT molecular complexity index is 545. The van der Waals surface area contributed by atoms with Crippen molar-refractivity contribution in [3.63, 3.8) is 0 Å². The van der Waals surface area contributed by atoms with Crippen molar-refractivity contribution in [2.45, 2.75) is 38.8 Å². The molecule has 0 saturated carbocycles. The second-order valence-electron chi connectivity index (χ2n) is 5.50. The lowest BCUT2D eigenvalue weighted by atomic mass is 9.95. The zero-order chi connectivity index (χ0) is 14.0. The van der Waals surface area contributed by atoms with E-state index in [0.717, 1.165) is 0 Å². The molecule has 0 amide bonds. The summed E-state index contributed by atoms with van der Waals surface area (Å²) in [6.07, 6.45) is -0.773. The highest BCUT2D eigenvalue weighted by atomic mass is 19.1. The van der Waals surface area contributed by atoms with E-state index in [1.54, 1.807) is 16.8 Å². The number of hydrogen-bond acceptors (Lipinski definition) is 4. The summed E-state index contributed by atoms with van der Waals surface area (Å²) in [6.45, 7) is 6.24. The van der Waals surface area contributed by atoms with Crippen molar-refractivity contribution in [3.8, 4) is 0 Å². The molecule has 1 atom stereocenters. The third-order valence-electron chi connectivity index (χ3n) is 2.80. The molecule has 1 heterocycles. The lowest BCUT2D eigenvalue weighted by Gasteiger charge is -2.19. The van der Waals surface area contributed by atoms with Crippen molar-refractivity contribution in [1.29, 1.82) is 0 Å². The Morgan fingerprint density at radius 2 is 1.89 bits per heavy atom. The summed E-state index contributed by atoms with van der Waals surface area (Å²) < 4.78 is 14.4. The van der Waals surface area contributed by atoms with Gasteiger partial charge in [-0.05, 0) is 28.1 Å². The van der Waals surface area contributed by atoms with Gasteiger partial charge < -0.3 is 5.11 Å². The maximum absolute atomic E-state index is 12.8. The molecule has 5 nitrogen and oxygen atoms in total. The number of aromatic nitrogens is 4. The molecule has 0 bridgehead atoms. The first-order valence-electron chi connectivity index (χ1n) is 6.08. The van der Waals surface area contributed by atoms with E-state index >= 15 is 0 Å². The van der Waals surface area contributed by atoms with Gasteiger partial charge in [0.25, 0.3) is 0 Å². The van der Waals surface area contributed by atoms with Gasteiger partial charge in [0.1, 0.15) is 5.82 Å². The summed E-state index contributed by atoms with van der Waals surface area (Å²) in [5.41, 5.74) is 0.434. The first kappa shape index (κ1) is 13.6. The van der Waals surface area contributed by atoms with E-state index in [4.69, 9.17) is 0 Å². The monoisotopic (exact) mass is 264 g/mol. The van der Waals surface area contributed by atoms with Gasteiger partial charge in [0.15, 0.2) is 5.82 Å². The Morgan fingerprint density at radius 1 is 1.26 bits per heavy atom. The van der Waals surface area contributed by atoms with E-state index < -0.39 is 6.10 Å². The summed E-state index contributed by atoms with van der Waals surface area (Å²) in [4.78, 5) is 0. The van der Waals surface area contributed by atoms with Crippen LogP contribution in [0.2, 0.25) is 0 Å². The molecule has 2 aromatic rings. The predicted octanol–water partition coefficient (Wildman–Crippen LogP) is 1.84. The van der Waals surface area contributed by atoms with Gasteiger partial charge in [0.2, 0.25) is 0 Å². The normalized spacial score (nSPS) is 13.5. The number of tetrazole rings is 1. The van der Waals surface area contributed by atoms with Gasteiger partial charge in [-0.2, -0.15) is 0 Å². The topological polar surface area (TPSA) is 63.8 Å². The number of benzene rings is 1. The third kappa shape index (κ3) is 3.14. The minimum atomic E-state index is -0.773. The molecule has 19 heavy (non-hydrogen) atoms. The lowest BCUT2D eigenvalue weighted by molar-refractivity contribution is 0.147. The third-order valence-corrected chi connectivity index (χ3v) is 2.80. The zero-order valence-electron chi connectivity index (χ0n) is 11.2. The molecule has 0 saturated heterocycles. The highest BCUT2D eigenvalue weighted by Gasteiger charge is 2.23. The molecule has 1 N–H and O–H groups in total. The van der Waals surface area contributed by atoms with Crippen molar-refractivity contribution in [2.75, 3.05) is 0 Å². The molecule has 0 radical (unpaired) electrons. The minimum absolute atomic E-state index is 0.202. The van der Waals surface area contributed by atoms with Crippen LogP contribution in [0.15, 0.2) is 24.3 Å². The van der Waals surface area contributed by atoms with Crippen LogP contribution >= 0.6 is 0 Å². The number of aliphatic hydroxyl groups is 1. The second-order valence-corrected chi connectivity index (χ2v) is 5.50. The molecule has 0 aliphatic carbocycles. The zero-order valence-corrected chi connectivity index (χ0v) is 11.2. The van der Waals surface area contributed by atoms with Gasteiger partial charge >= 0.3 is 0 Å². The predicted molar refractivity (Wildman–Crippen MR) is 67.9 cm³/mol. The van der Waals surface area contributed by atoms with Gasteiger partial charge in [-0.3, -0.25) is 0 Å². The van der Waals surface area contributed by atoms with Crippen LogP contribution in [-0.4, -0.2) is 25.3 Å². The highest BCUT2D eigenvalue weighted by molar-refractivity contribution is 5.18. The smallest absolute Gasteiger partial charge is 0.156 e. The number of aliphatic hydroxyl groups excluding tert-OH is 1. The molecule has 0 spiro atoms. The Hall–Kier alpha value is -1.82. The molecule has 1 aromatic heterocycles. The summed E-state index contributed by atoms with van der Waals surface area (Å²) in [6, 6.07) is 5.76. The Morgan fingerprint density at radius 3 is 2.47 bits per heavy atom. The minimum Gasteiger partial charge on any atom is -0.386 e. The Kier molecular flexibility index (Phi) is 3.61. The van der Waals surface area contributed by atoms with Crippen molar-refractivity contribution in [3.05, 3.63) is 41.5 Å². The molecule has 0 aliphatic rings. The summed E-state index contributed by atoms with van der Waals surface area (Å²) in [7, 11) is 0. The van der Waals surface area contributed by atoms with Gasteiger partial charge in [0, 0.05) is 5.41 Å². The maximum atomic E-state index is 12.8. The van der Waals surface area contributed by atoms with Crippen molar-refractivity contribution in [2.24, 2.45) is 0 Å². The summed E-state index contributed by atoms with van der Waals surface area (Å²) >= 11 is 0. The van der Waals surface area contributed by atoms with Crippen LogP contribution in [0.4, 0.5) is 4.39 Å². The number of rotatable bonds is 3. The van der Waals surface area contributed by atoms with E-state index in [1.165, 1.54) is 12.1 Å². The molecule has 2 rings (SSSR count). The maximum Gasteiger partial charge on any atom is 0.156 e. The fourth-order valence-electron chi connectivity index (χ4n) is 1.82. The average Bonchev–Trinajstić information content (AvgIpc) is 2.77. The first-order valence-corrected chi connectivity index (χ1v) is 6.08. The van der Waals surface area contributed by atoms with E-state index in [9.17, 15) is 9.50 Å². The highest BCUT2D eigenvalue weighted by Crippen LogP contribution is 2.21. The van der Waals surface area contributed by atoms with Gasteiger partial charge in [0.05, 0.1) is 12.6 Å². The molecule has 0 unspecified atom stereocenters. The van der Waals surface area contributed by atoms with E-state index in [1.807, 2.05) is 20.8 Å². The van der Waals surface area contributed by atoms with Crippen LogP contribution in [0.1, 0.15) is 38.3 Å². The molecule has 0 aliphatic heterocycles. The van der Waals surface area contributed by atoms with E-state index in [2.05, 4.69) is 15.5 Å². The SMILES string of the molecule is CC(C)(C)c1nnnn1C[C@@H](O)c1ccc(F)cc1. The van der Waals surface area contributed by atoms with Crippen LogP contribution < -0.4 is 0 Å². The number of nitrogens with zero attached hydrogens (tertiary/aromatic N) is 4. The van der Waals surface area contributed by atoms with Crippen LogP contribution in [0.3, 0.4) is 0 Å². The number of halogens is 1. The van der Waals surface area contributed by atoms with Gasteiger partial charge in [-0.25, -0.2) is 9.07 Å². The molecular formula is C13H17FN4O. The quantitative estimate of drug-likeness (QED) is 0.918. The summed E-state index contributed by atoms with van der Waals surface area (Å²) in [5.74, 6) is 0.377. The number of hydrogen-bond donors (Lipinski definition) is 1. The van der Waals surface area contributed by atoms with Crippen LogP contribution in [-0.2, 0) is 12.0 Å². The van der Waals surface area contributed by atoms with E-state index in [-0.39, 0.29) is 17.8 Å². The standard InChI is InChI=1S/C13H17FN4O/c1-13(2,3)12-15-16-17-18(12)8-11(19)9-4-6-10(14)7-5-9/h4-7,11,19H,8H2,1-3H3/t11-/m1/s1. The van der Waals surface area contributed by atoms with Crippen molar-refractivity contribution >= 4 is 0 Å². The second kappa shape index (κ2) is 5.05. The molecule has 1 aromatic carbocycles. The summed E-state index contributed by atoms with van der Waals surface area (Å²) in [5, 5.41) is 21.6. The Labute approximate surface area is 111 Å². The Balaban J connectivity index is 2.18.